The molecule has 0 atom stereocenters. The number of hydrogen-bond donors (Lipinski definition) is 0. The molecule has 1 rings (SSSR count). The van der Waals surface area contributed by atoms with Gasteiger partial charge in [-0.05, 0) is 55.8 Å². The zero-order valence-electron chi connectivity index (χ0n) is 18.3. The average Bonchev–Trinajstić information content (AvgIpc) is 2.48. The highest BCUT2D eigenvalue weighted by molar-refractivity contribution is 9.11. The van der Waals surface area contributed by atoms with Crippen molar-refractivity contribution < 1.29 is 4.74 Å². The topological polar surface area (TPSA) is 21.6 Å². The second kappa shape index (κ2) is 8.15. The zero-order valence-corrected chi connectivity index (χ0v) is 20.8. The molecule has 0 radical (unpaired) electrons. The van der Waals surface area contributed by atoms with Gasteiger partial charge in [-0.25, -0.2) is 4.74 Å². The molecule has 26 heavy (non-hydrogen) atoms. The maximum atomic E-state index is 5.29. The van der Waals surface area contributed by atoms with Gasteiger partial charge in [0.25, 0.3) is 0 Å². The van der Waals surface area contributed by atoms with Crippen molar-refractivity contribution in [3.05, 3.63) is 38.8 Å². The summed E-state index contributed by atoms with van der Waals surface area (Å²) in [6, 6.07) is 4.71. The van der Waals surface area contributed by atoms with Gasteiger partial charge in [-0.3, -0.25) is 0 Å². The first-order valence-corrected chi connectivity index (χ1v) is 10.7. The van der Waals surface area contributed by atoms with Crippen molar-refractivity contribution in [2.24, 2.45) is 4.74 Å². The third kappa shape index (κ3) is 5.92. The first kappa shape index (κ1) is 23.4. The number of hydrogen-bond acceptors (Lipinski definition) is 2. The molecule has 1 aromatic rings. The Bertz CT molecular complexity index is 678. The Hall–Kier alpha value is -0.660. The van der Waals surface area contributed by atoms with E-state index in [1.165, 1.54) is 16.7 Å². The highest BCUT2D eigenvalue weighted by Crippen LogP contribution is 2.44. The van der Waals surface area contributed by atoms with E-state index in [1.807, 2.05) is 6.92 Å². The van der Waals surface area contributed by atoms with Gasteiger partial charge in [0.05, 0.1) is 12.8 Å². The van der Waals surface area contributed by atoms with E-state index >= 15 is 0 Å². The lowest BCUT2D eigenvalue weighted by Crippen LogP contribution is -2.21. The van der Waals surface area contributed by atoms with Crippen LogP contribution in [0, 0.1) is 0 Å². The Kier molecular flexibility index (Phi) is 7.33. The van der Waals surface area contributed by atoms with Crippen LogP contribution in [-0.2, 0) is 21.0 Å². The second-order valence-electron chi connectivity index (χ2n) is 9.93. The van der Waals surface area contributed by atoms with Gasteiger partial charge in [0, 0.05) is 13.7 Å². The molecule has 0 aliphatic heterocycles. The zero-order chi connectivity index (χ0) is 20.5. The molecule has 0 aliphatic carbocycles. The van der Waals surface area contributed by atoms with Crippen LogP contribution in [0.2, 0.25) is 0 Å². The molecule has 4 heteroatoms. The minimum atomic E-state index is 0.0196. The van der Waals surface area contributed by atoms with Crippen molar-refractivity contribution in [1.29, 1.82) is 0 Å². The summed E-state index contributed by atoms with van der Waals surface area (Å²) in [4.78, 5) is 0. The van der Waals surface area contributed by atoms with Crippen molar-refractivity contribution in [3.63, 3.8) is 0 Å². The minimum Gasteiger partial charge on any atom is -0.489 e. The quantitative estimate of drug-likeness (QED) is 0.341. The van der Waals surface area contributed by atoms with Gasteiger partial charge in [-0.1, -0.05) is 74.4 Å². The lowest BCUT2D eigenvalue weighted by molar-refractivity contribution is 0.326. The van der Waals surface area contributed by atoms with E-state index in [2.05, 4.69) is 90.4 Å². The summed E-state index contributed by atoms with van der Waals surface area (Å²) in [7, 11) is 2.57. The van der Waals surface area contributed by atoms with Crippen molar-refractivity contribution in [3.8, 4) is 0 Å². The van der Waals surface area contributed by atoms with Crippen LogP contribution in [0.5, 0.6) is 0 Å². The van der Waals surface area contributed by atoms with Crippen LogP contribution in [0.1, 0.15) is 85.9 Å². The number of allylic oxidation sites excluding steroid dienone is 1. The molecule has 0 aliphatic rings. The van der Waals surface area contributed by atoms with Gasteiger partial charge in [0.2, 0.25) is 0 Å². The van der Waals surface area contributed by atoms with Crippen molar-refractivity contribution >= 4 is 30.0 Å². The van der Waals surface area contributed by atoms with Crippen molar-refractivity contribution in [1.82, 2.24) is 0 Å². The largest absolute Gasteiger partial charge is 0.489 e. The molecule has 0 unspecified atom stereocenters. The van der Waals surface area contributed by atoms with E-state index in [0.717, 1.165) is 24.0 Å². The van der Waals surface area contributed by atoms with Gasteiger partial charge >= 0.3 is 0 Å². The van der Waals surface area contributed by atoms with Gasteiger partial charge in [-0.2, -0.15) is 0 Å². The normalized spacial score (nSPS) is 14.6. The molecular weight excluding hydrogens is 405 g/mol. The van der Waals surface area contributed by atoms with Gasteiger partial charge in [0.1, 0.15) is 0 Å². The van der Waals surface area contributed by atoms with Crippen LogP contribution in [0.15, 0.2) is 26.9 Å². The Morgan fingerprint density at radius 2 is 1.31 bits per heavy atom. The van der Waals surface area contributed by atoms with Crippen molar-refractivity contribution in [2.75, 3.05) is 7.11 Å². The summed E-state index contributed by atoms with van der Waals surface area (Å²) >= 11 is 3.46. The van der Waals surface area contributed by atoms with E-state index in [4.69, 9.17) is 9.48 Å². The fraction of sp³-hybridized carbons (Fsp3) is 0.636. The van der Waals surface area contributed by atoms with Crippen LogP contribution in [0.3, 0.4) is 0 Å². The molecule has 0 heterocycles. The Labute approximate surface area is 170 Å². The number of benzene rings is 1. The molecule has 0 amide bonds. The smallest absolute Gasteiger partial charge is 0.170 e. The molecule has 0 saturated heterocycles. The number of rotatable bonds is 3. The van der Waals surface area contributed by atoms with Crippen LogP contribution in [0.25, 0.3) is 0 Å². The SMILES string of the molecule is CO/C(Br)=C(/C)P=Nc1c(C(C)(C)C)cc(C(C)(C)C)cc1C(C)(C)C. The Balaban J connectivity index is 3.83. The second-order valence-corrected chi connectivity index (χ2v) is 11.7. The highest BCUT2D eigenvalue weighted by atomic mass is 79.9. The van der Waals surface area contributed by atoms with Crippen LogP contribution in [0.4, 0.5) is 5.69 Å². The minimum absolute atomic E-state index is 0.0196. The first-order valence-electron chi connectivity index (χ1n) is 9.10. The van der Waals surface area contributed by atoms with Crippen molar-refractivity contribution in [2.45, 2.75) is 85.5 Å². The third-order valence-electron chi connectivity index (χ3n) is 4.36. The monoisotopic (exact) mass is 439 g/mol. The standard InChI is InChI=1S/C22H35BrNOP/c1-14(19(23)25-11)26-24-18-16(21(5,6)7)12-15(20(2,3)4)13-17(18)22(8,9)10/h12-13H,1-11H3/b19-14-. The summed E-state index contributed by atoms with van der Waals surface area (Å²) in [5.74, 6) is 0. The van der Waals surface area contributed by atoms with E-state index in [0.29, 0.717) is 0 Å². The molecule has 0 saturated carbocycles. The molecule has 0 bridgehead atoms. The molecular formula is C22H35BrNOP. The maximum Gasteiger partial charge on any atom is 0.170 e. The Morgan fingerprint density at radius 1 is 0.885 bits per heavy atom. The lowest BCUT2D eigenvalue weighted by Gasteiger charge is -2.32. The number of nitrogens with zero attached hydrogens (tertiary/aromatic N) is 1. The fourth-order valence-corrected chi connectivity index (χ4v) is 3.50. The molecule has 0 aromatic heterocycles. The molecule has 0 spiro atoms. The number of ether oxygens (including phenoxy) is 1. The van der Waals surface area contributed by atoms with Crippen LogP contribution in [-0.4, -0.2) is 7.11 Å². The fourth-order valence-electron chi connectivity index (χ4n) is 2.63. The maximum absolute atomic E-state index is 5.29. The van der Waals surface area contributed by atoms with E-state index in [9.17, 15) is 0 Å². The third-order valence-corrected chi connectivity index (χ3v) is 6.38. The summed E-state index contributed by atoms with van der Waals surface area (Å²) in [6.45, 7) is 22.5. The van der Waals surface area contributed by atoms with E-state index < -0.39 is 0 Å². The van der Waals surface area contributed by atoms with Crippen LogP contribution >= 0.6 is 24.3 Å². The number of methoxy groups -OCH3 is 1. The molecule has 1 aromatic carbocycles. The predicted octanol–water partition coefficient (Wildman–Crippen LogP) is 8.57. The predicted molar refractivity (Wildman–Crippen MR) is 120 cm³/mol. The van der Waals surface area contributed by atoms with E-state index in [1.54, 1.807) is 7.11 Å². The van der Waals surface area contributed by atoms with E-state index in [-0.39, 0.29) is 16.2 Å². The average molecular weight is 440 g/mol. The Morgan fingerprint density at radius 3 is 1.62 bits per heavy atom. The van der Waals surface area contributed by atoms with Crippen LogP contribution < -0.4 is 0 Å². The summed E-state index contributed by atoms with van der Waals surface area (Å²) in [5.41, 5.74) is 5.25. The molecule has 0 fully saturated rings. The molecule has 2 nitrogen and oxygen atoms in total. The summed E-state index contributed by atoms with van der Waals surface area (Å²) in [5, 5.41) is 1.06. The first-order chi connectivity index (χ1) is 11.6. The summed E-state index contributed by atoms with van der Waals surface area (Å²) in [6.07, 6.45) is 0. The highest BCUT2D eigenvalue weighted by Gasteiger charge is 2.29. The summed E-state index contributed by atoms with van der Waals surface area (Å²) < 4.78 is 11.1. The van der Waals surface area contributed by atoms with Gasteiger partial charge in [-0.15, -0.1) is 0 Å². The molecule has 146 valence electrons. The molecule has 0 N–H and O–H groups in total. The lowest BCUT2D eigenvalue weighted by atomic mass is 9.74. The van der Waals surface area contributed by atoms with Gasteiger partial charge in [0.15, 0.2) is 4.67 Å². The van der Waals surface area contributed by atoms with Gasteiger partial charge < -0.3 is 4.74 Å². The number of halogens is 1.